The van der Waals surface area contributed by atoms with Crippen molar-refractivity contribution < 1.29 is 22.1 Å². The highest BCUT2D eigenvalue weighted by Crippen LogP contribution is 2.35. The highest BCUT2D eigenvalue weighted by molar-refractivity contribution is 5.96. The molecular formula is C26H30F4N8O. The summed E-state index contributed by atoms with van der Waals surface area (Å²) in [7, 11) is 1.83. The zero-order valence-electron chi connectivity index (χ0n) is 22.1. The molecule has 5 rings (SSSR count). The second-order valence-corrected chi connectivity index (χ2v) is 10.6. The van der Waals surface area contributed by atoms with Crippen molar-refractivity contribution in [3.63, 3.8) is 0 Å². The fourth-order valence-corrected chi connectivity index (χ4v) is 4.64. The van der Waals surface area contributed by atoms with E-state index in [0.717, 1.165) is 10.4 Å². The molecule has 1 aromatic carbocycles. The summed E-state index contributed by atoms with van der Waals surface area (Å²) in [5, 5.41) is 15.1. The van der Waals surface area contributed by atoms with E-state index in [4.69, 9.17) is 4.52 Å². The number of anilines is 2. The van der Waals surface area contributed by atoms with Crippen LogP contribution >= 0.6 is 0 Å². The van der Waals surface area contributed by atoms with Gasteiger partial charge in [-0.05, 0) is 46.0 Å². The van der Waals surface area contributed by atoms with Gasteiger partial charge in [-0.3, -0.25) is 4.90 Å². The average Bonchev–Trinajstić information content (AvgIpc) is 3.57. The topological polar surface area (TPSA) is 89.0 Å². The van der Waals surface area contributed by atoms with E-state index in [1.54, 1.807) is 36.5 Å². The van der Waals surface area contributed by atoms with Gasteiger partial charge < -0.3 is 19.7 Å². The Labute approximate surface area is 222 Å². The summed E-state index contributed by atoms with van der Waals surface area (Å²) in [5.41, 5.74) is 1.13. The van der Waals surface area contributed by atoms with Crippen LogP contribution in [0.2, 0.25) is 0 Å². The highest BCUT2D eigenvalue weighted by atomic mass is 19.4. The van der Waals surface area contributed by atoms with E-state index in [2.05, 4.69) is 25.9 Å². The summed E-state index contributed by atoms with van der Waals surface area (Å²) < 4.78 is 63.8. The van der Waals surface area contributed by atoms with Crippen molar-refractivity contribution in [1.82, 2.24) is 29.4 Å². The lowest BCUT2D eigenvalue weighted by atomic mass is 10.1. The molecule has 3 aromatic heterocycles. The molecule has 9 nitrogen and oxygen atoms in total. The first kappa shape index (κ1) is 26.7. The monoisotopic (exact) mass is 546 g/mol. The van der Waals surface area contributed by atoms with Gasteiger partial charge in [0, 0.05) is 35.8 Å². The Kier molecular flexibility index (Phi) is 6.87. The second-order valence-electron chi connectivity index (χ2n) is 10.6. The minimum atomic E-state index is -4.49. The number of nitrogens with zero attached hydrogens (tertiary/aromatic N) is 6. The second kappa shape index (κ2) is 10.0. The maximum Gasteiger partial charge on any atom is 0.406 e. The van der Waals surface area contributed by atoms with Gasteiger partial charge in [-0.2, -0.15) is 23.3 Å². The minimum absolute atomic E-state index is 0.0206. The summed E-state index contributed by atoms with van der Waals surface area (Å²) in [6.45, 7) is 5.78. The number of halogens is 4. The van der Waals surface area contributed by atoms with E-state index in [-0.39, 0.29) is 41.9 Å². The van der Waals surface area contributed by atoms with Crippen molar-refractivity contribution >= 4 is 22.4 Å². The van der Waals surface area contributed by atoms with Crippen LogP contribution in [0.3, 0.4) is 0 Å². The molecule has 0 amide bonds. The smallest absolute Gasteiger partial charge is 0.361 e. The lowest BCUT2D eigenvalue weighted by molar-refractivity contribution is -0.139. The van der Waals surface area contributed by atoms with E-state index in [9.17, 15) is 17.6 Å². The van der Waals surface area contributed by atoms with Gasteiger partial charge in [-0.15, -0.1) is 0 Å². The normalized spacial score (nSPS) is 15.4. The van der Waals surface area contributed by atoms with Crippen LogP contribution < -0.4 is 10.6 Å². The fourth-order valence-electron chi connectivity index (χ4n) is 4.64. The SMILES string of the molecule is CN1CCC(Nc2cccc3c2cc(-c2noc(CNc4ccnn4C(C)(C)C)n2)n3CC(F)(F)F)=C(F)C1. The van der Waals surface area contributed by atoms with Gasteiger partial charge in [0.05, 0.1) is 36.0 Å². The quantitative estimate of drug-likeness (QED) is 0.286. The standard InChI is InChI=1S/C26H30F4N8O/c1-25(2,3)38-22(8-10-32-38)31-13-23-34-24(35-39-23)21-12-16-18(33-19-9-11-36(4)14-17(19)27)6-5-7-20(16)37(21)15-26(28,29)30/h5-8,10,12,31,33H,9,11,13-15H2,1-4H3. The molecule has 39 heavy (non-hydrogen) atoms. The van der Waals surface area contributed by atoms with E-state index >= 15 is 0 Å². The van der Waals surface area contributed by atoms with Crippen LogP contribution in [0.25, 0.3) is 22.4 Å². The molecule has 0 fully saturated rings. The number of rotatable bonds is 7. The first-order chi connectivity index (χ1) is 18.4. The fraction of sp³-hybridized carbons (Fsp3) is 0.423. The van der Waals surface area contributed by atoms with Gasteiger partial charge in [-0.1, -0.05) is 11.2 Å². The molecule has 0 saturated heterocycles. The molecule has 0 bridgehead atoms. The van der Waals surface area contributed by atoms with Crippen LogP contribution in [-0.2, 0) is 18.6 Å². The summed E-state index contributed by atoms with van der Waals surface area (Å²) >= 11 is 0. The third-order valence-electron chi connectivity index (χ3n) is 6.44. The van der Waals surface area contributed by atoms with Crippen molar-refractivity contribution in [2.45, 2.75) is 52.0 Å². The number of alkyl halides is 3. The first-order valence-electron chi connectivity index (χ1n) is 12.5. The molecule has 4 heterocycles. The molecule has 208 valence electrons. The molecule has 0 aliphatic carbocycles. The predicted molar refractivity (Wildman–Crippen MR) is 140 cm³/mol. The lowest BCUT2D eigenvalue weighted by Gasteiger charge is -2.24. The molecule has 0 radical (unpaired) electrons. The number of hydrogen-bond acceptors (Lipinski definition) is 7. The van der Waals surface area contributed by atoms with Crippen molar-refractivity contribution in [2.24, 2.45) is 0 Å². The molecule has 1 aliphatic heterocycles. The van der Waals surface area contributed by atoms with Gasteiger partial charge in [0.2, 0.25) is 11.7 Å². The number of likely N-dealkylation sites (N-methyl/N-ethyl adjacent to an activating group) is 1. The first-order valence-corrected chi connectivity index (χ1v) is 12.5. The summed E-state index contributed by atoms with van der Waals surface area (Å²) in [6, 6.07) is 8.32. The Morgan fingerprint density at radius 3 is 2.64 bits per heavy atom. The zero-order chi connectivity index (χ0) is 27.9. The molecule has 0 unspecified atom stereocenters. The Morgan fingerprint density at radius 2 is 1.92 bits per heavy atom. The highest BCUT2D eigenvalue weighted by Gasteiger charge is 2.31. The summed E-state index contributed by atoms with van der Waals surface area (Å²) in [6.07, 6.45) is -2.36. The number of aromatic nitrogens is 5. The molecule has 4 aromatic rings. The molecule has 13 heteroatoms. The lowest BCUT2D eigenvalue weighted by Crippen LogP contribution is -2.28. The summed E-state index contributed by atoms with van der Waals surface area (Å²) in [4.78, 5) is 6.23. The molecule has 0 saturated carbocycles. The van der Waals surface area contributed by atoms with Crippen molar-refractivity contribution in [2.75, 3.05) is 30.8 Å². The van der Waals surface area contributed by atoms with E-state index < -0.39 is 12.7 Å². The number of fused-ring (bicyclic) bond motifs is 1. The van der Waals surface area contributed by atoms with Gasteiger partial charge in [0.25, 0.3) is 0 Å². The molecule has 2 N–H and O–H groups in total. The Balaban J connectivity index is 1.47. The maximum atomic E-state index is 14.6. The number of benzene rings is 1. The third kappa shape index (κ3) is 5.77. The van der Waals surface area contributed by atoms with Crippen LogP contribution in [0.1, 0.15) is 33.1 Å². The molecule has 0 spiro atoms. The average molecular weight is 547 g/mol. The number of nitrogens with one attached hydrogen (secondary N) is 2. The third-order valence-corrected chi connectivity index (χ3v) is 6.44. The van der Waals surface area contributed by atoms with Crippen molar-refractivity contribution in [1.29, 1.82) is 0 Å². The zero-order valence-corrected chi connectivity index (χ0v) is 22.1. The van der Waals surface area contributed by atoms with Gasteiger partial charge >= 0.3 is 6.18 Å². The van der Waals surface area contributed by atoms with Crippen molar-refractivity contribution in [3.8, 4) is 11.5 Å². The van der Waals surface area contributed by atoms with Crippen molar-refractivity contribution in [3.05, 3.63) is 53.9 Å². The summed E-state index contributed by atoms with van der Waals surface area (Å²) in [5.74, 6) is 0.665. The predicted octanol–water partition coefficient (Wildman–Crippen LogP) is 5.75. The van der Waals surface area contributed by atoms with Gasteiger partial charge in [0.15, 0.2) is 0 Å². The van der Waals surface area contributed by atoms with E-state index in [1.165, 1.54) is 0 Å². The van der Waals surface area contributed by atoms with E-state index in [0.29, 0.717) is 35.3 Å². The largest absolute Gasteiger partial charge is 0.406 e. The van der Waals surface area contributed by atoms with Crippen LogP contribution in [0.15, 0.2) is 52.6 Å². The Bertz CT molecular complexity index is 1510. The molecule has 1 aliphatic rings. The van der Waals surface area contributed by atoms with Gasteiger partial charge in [-0.25, -0.2) is 9.07 Å². The number of hydrogen-bond donors (Lipinski definition) is 2. The minimum Gasteiger partial charge on any atom is -0.361 e. The van der Waals surface area contributed by atoms with Crippen LogP contribution in [0.5, 0.6) is 0 Å². The van der Waals surface area contributed by atoms with Gasteiger partial charge in [0.1, 0.15) is 18.2 Å². The van der Waals surface area contributed by atoms with Crippen LogP contribution in [-0.4, -0.2) is 55.7 Å². The Hall–Kier alpha value is -3.87. The molecular weight excluding hydrogens is 516 g/mol. The van der Waals surface area contributed by atoms with E-state index in [1.807, 2.05) is 37.4 Å². The van der Waals surface area contributed by atoms with Crippen LogP contribution in [0, 0.1) is 0 Å². The van der Waals surface area contributed by atoms with Crippen LogP contribution in [0.4, 0.5) is 29.1 Å². The molecule has 0 atom stereocenters. The maximum absolute atomic E-state index is 14.6. The Morgan fingerprint density at radius 1 is 1.13 bits per heavy atom.